The van der Waals surface area contributed by atoms with Crippen LogP contribution in [-0.2, 0) is 0 Å². The van der Waals surface area contributed by atoms with Gasteiger partial charge in [-0.25, -0.2) is 0 Å². The highest BCUT2D eigenvalue weighted by molar-refractivity contribution is 6.11. The molecule has 8 aromatic rings. The Morgan fingerprint density at radius 3 is 1.74 bits per heavy atom. The molecule has 240 valence electrons. The van der Waals surface area contributed by atoms with Crippen LogP contribution in [0.5, 0.6) is 23.0 Å². The van der Waals surface area contributed by atoms with Gasteiger partial charge in [-0.2, -0.15) is 0 Å². The zero-order valence-electron chi connectivity index (χ0n) is 28.0. The lowest BCUT2D eigenvalue weighted by Crippen LogP contribution is -2.21. The van der Waals surface area contributed by atoms with Gasteiger partial charge in [0, 0.05) is 34.3 Å². The molecule has 0 bridgehead atoms. The molecule has 5 heteroatoms. The fourth-order valence-electron chi connectivity index (χ4n) is 8.03. The van der Waals surface area contributed by atoms with E-state index in [-0.39, 0.29) is 0 Å². The van der Waals surface area contributed by atoms with E-state index in [9.17, 15) is 0 Å². The van der Waals surface area contributed by atoms with E-state index in [1.807, 2.05) is 24.3 Å². The molecule has 50 heavy (non-hydrogen) atoms. The van der Waals surface area contributed by atoms with Crippen LogP contribution in [0, 0.1) is 20.8 Å². The maximum atomic E-state index is 6.71. The van der Waals surface area contributed by atoms with Gasteiger partial charge >= 0.3 is 0 Å². The largest absolute Gasteiger partial charge is 0.453 e. The normalized spacial score (nSPS) is 12.6. The second kappa shape index (κ2) is 10.8. The average molecular weight is 648 g/mol. The maximum Gasteiger partial charge on any atom is 0.157 e. The molecule has 3 heterocycles. The van der Waals surface area contributed by atoms with Gasteiger partial charge in [0.2, 0.25) is 0 Å². The summed E-state index contributed by atoms with van der Waals surface area (Å²) in [6.07, 6.45) is 0. The Bertz CT molecular complexity index is 2560. The van der Waals surface area contributed by atoms with E-state index < -0.39 is 0 Å². The molecule has 5 nitrogen and oxygen atoms in total. The predicted molar refractivity (Wildman–Crippen MR) is 205 cm³/mol. The Labute approximate surface area is 290 Å². The summed E-state index contributed by atoms with van der Waals surface area (Å²) in [4.78, 5) is 4.64. The molecule has 0 N–H and O–H groups in total. The highest BCUT2D eigenvalue weighted by Gasteiger charge is 2.36. The van der Waals surface area contributed by atoms with Gasteiger partial charge in [0.25, 0.3) is 0 Å². The first-order valence-corrected chi connectivity index (χ1v) is 17.0. The molecule has 10 rings (SSSR count). The van der Waals surface area contributed by atoms with Crippen LogP contribution in [0.4, 0.5) is 34.1 Å². The number of fused-ring (bicyclic) bond motifs is 7. The molecule has 1 aromatic heterocycles. The first-order chi connectivity index (χ1) is 24.5. The molecule has 0 atom stereocenters. The van der Waals surface area contributed by atoms with Gasteiger partial charge in [0.05, 0.1) is 33.8 Å². The van der Waals surface area contributed by atoms with E-state index in [1.54, 1.807) is 0 Å². The van der Waals surface area contributed by atoms with Crippen LogP contribution in [-0.4, -0.2) is 4.57 Å². The van der Waals surface area contributed by atoms with E-state index in [0.717, 1.165) is 68.3 Å². The summed E-state index contributed by atoms with van der Waals surface area (Å²) in [5, 5.41) is 2.40. The number of benzene rings is 7. The van der Waals surface area contributed by atoms with Crippen molar-refractivity contribution in [2.24, 2.45) is 0 Å². The van der Waals surface area contributed by atoms with Gasteiger partial charge in [-0.1, -0.05) is 78.4 Å². The van der Waals surface area contributed by atoms with Crippen molar-refractivity contribution in [3.8, 4) is 28.7 Å². The molecule has 0 fully saturated rings. The molecule has 0 saturated carbocycles. The zero-order chi connectivity index (χ0) is 33.5. The molecular weight excluding hydrogens is 615 g/mol. The molecule has 0 radical (unpaired) electrons. The predicted octanol–water partition coefficient (Wildman–Crippen LogP) is 12.9. The van der Waals surface area contributed by atoms with Gasteiger partial charge in [0.15, 0.2) is 23.0 Å². The summed E-state index contributed by atoms with van der Waals surface area (Å²) in [6.45, 7) is 6.56. The number of hydrogen-bond acceptors (Lipinski definition) is 4. The van der Waals surface area contributed by atoms with E-state index in [2.05, 4.69) is 156 Å². The van der Waals surface area contributed by atoms with Crippen molar-refractivity contribution < 1.29 is 9.47 Å². The summed E-state index contributed by atoms with van der Waals surface area (Å²) in [6, 6.07) is 51.4. The minimum Gasteiger partial charge on any atom is -0.453 e. The SMILES string of the molecule is Cc1cc(C)c(N(c2cc3c4c(c2)Oc2ccccc2N4c2ccccc2O3)c2ccc3c(c2)c2ccccc2n3-c2ccccc2)c(C)c1. The van der Waals surface area contributed by atoms with Gasteiger partial charge in [-0.15, -0.1) is 0 Å². The van der Waals surface area contributed by atoms with Crippen LogP contribution in [0.2, 0.25) is 0 Å². The first kappa shape index (κ1) is 28.5. The average Bonchev–Trinajstić information content (AvgIpc) is 3.46. The number of anilines is 6. The first-order valence-electron chi connectivity index (χ1n) is 17.0. The maximum absolute atomic E-state index is 6.71. The van der Waals surface area contributed by atoms with E-state index >= 15 is 0 Å². The lowest BCUT2D eigenvalue weighted by molar-refractivity contribution is 0.446. The Morgan fingerprint density at radius 2 is 1.06 bits per heavy atom. The molecular formula is C45H33N3O2. The number of hydrogen-bond donors (Lipinski definition) is 0. The Hall–Kier alpha value is -6.46. The van der Waals surface area contributed by atoms with Gasteiger partial charge < -0.3 is 18.9 Å². The topological polar surface area (TPSA) is 29.9 Å². The van der Waals surface area contributed by atoms with Crippen molar-refractivity contribution in [3.63, 3.8) is 0 Å². The lowest BCUT2D eigenvalue weighted by Gasteiger charge is -2.39. The Morgan fingerprint density at radius 1 is 0.480 bits per heavy atom. The minimum absolute atomic E-state index is 0.750. The van der Waals surface area contributed by atoms with Crippen molar-refractivity contribution in [2.45, 2.75) is 20.8 Å². The molecule has 0 amide bonds. The monoisotopic (exact) mass is 647 g/mol. The van der Waals surface area contributed by atoms with Crippen LogP contribution >= 0.6 is 0 Å². The number of para-hydroxylation sites is 6. The third-order valence-electron chi connectivity index (χ3n) is 9.95. The fraction of sp³-hybridized carbons (Fsp3) is 0.0667. The number of ether oxygens (including phenoxy) is 2. The minimum atomic E-state index is 0.750. The zero-order valence-corrected chi connectivity index (χ0v) is 28.0. The van der Waals surface area contributed by atoms with E-state index in [1.165, 1.54) is 33.0 Å². The third-order valence-corrected chi connectivity index (χ3v) is 9.95. The number of aryl methyl sites for hydroxylation is 3. The summed E-state index contributed by atoms with van der Waals surface area (Å²) >= 11 is 0. The second-order valence-corrected chi connectivity index (χ2v) is 13.2. The van der Waals surface area contributed by atoms with E-state index in [4.69, 9.17) is 9.47 Å². The Balaban J connectivity index is 1.23. The van der Waals surface area contributed by atoms with Crippen molar-refractivity contribution >= 4 is 55.9 Å². The van der Waals surface area contributed by atoms with Crippen LogP contribution in [0.3, 0.4) is 0 Å². The highest BCUT2D eigenvalue weighted by Crippen LogP contribution is 2.61. The number of rotatable bonds is 4. The molecule has 7 aromatic carbocycles. The van der Waals surface area contributed by atoms with Gasteiger partial charge in [-0.05, 0) is 92.6 Å². The third kappa shape index (κ3) is 4.20. The summed E-state index contributed by atoms with van der Waals surface area (Å²) in [5.41, 5.74) is 13.1. The van der Waals surface area contributed by atoms with Crippen molar-refractivity contribution in [1.29, 1.82) is 0 Å². The van der Waals surface area contributed by atoms with Gasteiger partial charge in [-0.3, -0.25) is 4.90 Å². The Kier molecular flexibility index (Phi) is 6.15. The highest BCUT2D eigenvalue weighted by atomic mass is 16.5. The van der Waals surface area contributed by atoms with Crippen molar-refractivity contribution in [2.75, 3.05) is 9.80 Å². The summed E-state index contributed by atoms with van der Waals surface area (Å²) in [7, 11) is 0. The lowest BCUT2D eigenvalue weighted by atomic mass is 10.0. The standard InChI is InChI=1S/C45H33N3O2/c1-28-23-29(2)44(30(3)24-28)46(32-21-22-37-35(25-32)34-15-7-8-16-36(34)47(37)31-13-5-4-6-14-31)33-26-42-45-43(27-33)50-41-20-12-10-18-39(41)48(45)38-17-9-11-19-40(38)49-42/h4-27H,1-3H3. The molecule has 0 saturated heterocycles. The molecule has 0 aliphatic carbocycles. The number of aromatic nitrogens is 1. The van der Waals surface area contributed by atoms with Gasteiger partial charge in [0.1, 0.15) is 5.69 Å². The van der Waals surface area contributed by atoms with Crippen molar-refractivity contribution in [3.05, 3.63) is 162 Å². The number of nitrogens with zero attached hydrogens (tertiary/aromatic N) is 3. The van der Waals surface area contributed by atoms with Crippen LogP contribution in [0.25, 0.3) is 27.5 Å². The van der Waals surface area contributed by atoms with Crippen LogP contribution in [0.1, 0.15) is 16.7 Å². The van der Waals surface area contributed by atoms with Crippen LogP contribution in [0.15, 0.2) is 146 Å². The van der Waals surface area contributed by atoms with Crippen LogP contribution < -0.4 is 19.3 Å². The summed E-state index contributed by atoms with van der Waals surface area (Å²) < 4.78 is 15.8. The molecule has 2 aliphatic rings. The smallest absolute Gasteiger partial charge is 0.157 e. The second-order valence-electron chi connectivity index (χ2n) is 13.2. The summed E-state index contributed by atoms with van der Waals surface area (Å²) in [5.74, 6) is 3.12. The molecule has 0 spiro atoms. The molecule has 2 aliphatic heterocycles. The fourth-order valence-corrected chi connectivity index (χ4v) is 8.03. The quantitative estimate of drug-likeness (QED) is 0.190. The molecule has 0 unspecified atom stereocenters. The van der Waals surface area contributed by atoms with Crippen molar-refractivity contribution in [1.82, 2.24) is 4.57 Å². The van der Waals surface area contributed by atoms with E-state index in [0.29, 0.717) is 0 Å².